The lowest BCUT2D eigenvalue weighted by Gasteiger charge is -2.18. The van der Waals surface area contributed by atoms with Gasteiger partial charge in [0.25, 0.3) is 5.56 Å². The molecule has 0 bridgehead atoms. The Balaban J connectivity index is 2.42. The zero-order valence-corrected chi connectivity index (χ0v) is 10.2. The van der Waals surface area contributed by atoms with Crippen molar-refractivity contribution in [3.63, 3.8) is 0 Å². The van der Waals surface area contributed by atoms with Gasteiger partial charge in [0.1, 0.15) is 12.3 Å². The van der Waals surface area contributed by atoms with Gasteiger partial charge in [-0.3, -0.25) is 14.3 Å². The van der Waals surface area contributed by atoms with Crippen LogP contribution in [0.5, 0.6) is 0 Å². The Bertz CT molecular complexity index is 549. The average molecular weight is 256 g/mol. The molecule has 1 aliphatic rings. The third-order valence-electron chi connectivity index (χ3n) is 3.28. The maximum atomic E-state index is 11.7. The molecule has 7 nitrogen and oxygen atoms in total. The summed E-state index contributed by atoms with van der Waals surface area (Å²) in [4.78, 5) is 25.2. The van der Waals surface area contributed by atoms with Gasteiger partial charge in [0.15, 0.2) is 0 Å². The van der Waals surface area contributed by atoms with E-state index in [0.29, 0.717) is 5.56 Å². The van der Waals surface area contributed by atoms with E-state index in [4.69, 9.17) is 9.84 Å². The van der Waals surface area contributed by atoms with Crippen molar-refractivity contribution in [3.05, 3.63) is 32.6 Å². The van der Waals surface area contributed by atoms with E-state index in [2.05, 4.69) is 4.98 Å². The number of hydrogen-bond donors (Lipinski definition) is 3. The number of rotatable bonds is 2. The maximum absolute atomic E-state index is 11.7. The molecule has 2 rings (SSSR count). The molecule has 0 unspecified atom stereocenters. The zero-order valence-electron chi connectivity index (χ0n) is 10.2. The van der Waals surface area contributed by atoms with E-state index in [0.717, 1.165) is 0 Å². The monoisotopic (exact) mass is 256 g/mol. The fourth-order valence-electron chi connectivity index (χ4n) is 2.14. The molecule has 0 spiro atoms. The van der Waals surface area contributed by atoms with Crippen LogP contribution in [0.2, 0.25) is 0 Å². The number of nitrogens with one attached hydrogen (secondary N) is 1. The van der Waals surface area contributed by atoms with E-state index in [1.807, 2.05) is 0 Å². The summed E-state index contributed by atoms with van der Waals surface area (Å²) in [5, 5.41) is 18.9. The van der Waals surface area contributed by atoms with Crippen LogP contribution in [-0.4, -0.2) is 38.6 Å². The van der Waals surface area contributed by atoms with Gasteiger partial charge in [-0.15, -0.1) is 0 Å². The lowest BCUT2D eigenvalue weighted by atomic mass is 10.0. The standard InChI is InChI=1S/C11H16N2O5/c1-5-3-13(11(17)12-9(5)16)10-6(2)8(15)7(4-14)18-10/h3,6-8,10,14-15H,4H2,1-2H3,(H,12,16,17)/t6-,7-,8+,10-/m1/s1. The van der Waals surface area contributed by atoms with Gasteiger partial charge in [0, 0.05) is 17.7 Å². The predicted octanol–water partition coefficient (Wildman–Crippen LogP) is -1.27. The fourth-order valence-corrected chi connectivity index (χ4v) is 2.14. The molecule has 1 aromatic rings. The highest BCUT2D eigenvalue weighted by Gasteiger charge is 2.41. The number of aromatic amines is 1. The lowest BCUT2D eigenvalue weighted by Crippen LogP contribution is -2.35. The smallest absolute Gasteiger partial charge is 0.330 e. The molecule has 4 atom stereocenters. The van der Waals surface area contributed by atoms with Crippen LogP contribution in [0.25, 0.3) is 0 Å². The van der Waals surface area contributed by atoms with Gasteiger partial charge in [-0.05, 0) is 6.92 Å². The normalized spacial score (nSPS) is 31.8. The highest BCUT2D eigenvalue weighted by Crippen LogP contribution is 2.33. The van der Waals surface area contributed by atoms with Crippen LogP contribution in [0.3, 0.4) is 0 Å². The van der Waals surface area contributed by atoms with Crippen molar-refractivity contribution in [1.82, 2.24) is 9.55 Å². The van der Waals surface area contributed by atoms with Crippen molar-refractivity contribution in [3.8, 4) is 0 Å². The Morgan fingerprint density at radius 2 is 2.17 bits per heavy atom. The van der Waals surface area contributed by atoms with E-state index in [9.17, 15) is 14.7 Å². The third kappa shape index (κ3) is 2.00. The molecular weight excluding hydrogens is 240 g/mol. The highest BCUT2D eigenvalue weighted by molar-refractivity contribution is 5.02. The number of hydrogen-bond acceptors (Lipinski definition) is 5. The molecular formula is C11H16N2O5. The number of aromatic nitrogens is 2. The lowest BCUT2D eigenvalue weighted by molar-refractivity contribution is -0.0477. The highest BCUT2D eigenvalue weighted by atomic mass is 16.5. The molecule has 1 saturated heterocycles. The minimum atomic E-state index is -0.848. The molecule has 0 radical (unpaired) electrons. The summed E-state index contributed by atoms with van der Waals surface area (Å²) in [5.74, 6) is -0.356. The Labute approximate surface area is 103 Å². The first kappa shape index (κ1) is 13.0. The van der Waals surface area contributed by atoms with Crippen molar-refractivity contribution in [2.45, 2.75) is 32.3 Å². The second-order valence-corrected chi connectivity index (χ2v) is 4.58. The molecule has 100 valence electrons. The Kier molecular flexibility index (Phi) is 3.38. The summed E-state index contributed by atoms with van der Waals surface area (Å²) in [6.07, 6.45) is -0.863. The van der Waals surface area contributed by atoms with Gasteiger partial charge in [-0.25, -0.2) is 4.79 Å². The van der Waals surface area contributed by atoms with E-state index >= 15 is 0 Å². The van der Waals surface area contributed by atoms with Gasteiger partial charge < -0.3 is 14.9 Å². The molecule has 0 aromatic carbocycles. The van der Waals surface area contributed by atoms with E-state index in [-0.39, 0.29) is 12.5 Å². The second kappa shape index (κ2) is 4.68. The van der Waals surface area contributed by atoms with Crippen LogP contribution >= 0.6 is 0 Å². The molecule has 7 heteroatoms. The minimum absolute atomic E-state index is 0.320. The van der Waals surface area contributed by atoms with Crippen molar-refractivity contribution < 1.29 is 14.9 Å². The molecule has 3 N–H and O–H groups in total. The van der Waals surface area contributed by atoms with E-state index in [1.165, 1.54) is 10.8 Å². The first-order valence-electron chi connectivity index (χ1n) is 5.72. The number of nitrogens with zero attached hydrogens (tertiary/aromatic N) is 1. The summed E-state index contributed by atoms with van der Waals surface area (Å²) in [5.41, 5.74) is -0.651. The molecule has 1 aromatic heterocycles. The Morgan fingerprint density at radius 3 is 2.72 bits per heavy atom. The molecule has 2 heterocycles. The summed E-state index contributed by atoms with van der Waals surface area (Å²) in [7, 11) is 0. The molecule has 1 aliphatic heterocycles. The van der Waals surface area contributed by atoms with Crippen LogP contribution in [0, 0.1) is 12.8 Å². The number of H-pyrrole nitrogens is 1. The van der Waals surface area contributed by atoms with Crippen LogP contribution in [0.1, 0.15) is 18.7 Å². The van der Waals surface area contributed by atoms with Crippen molar-refractivity contribution in [2.24, 2.45) is 5.92 Å². The summed E-state index contributed by atoms with van der Waals surface area (Å²) < 4.78 is 6.67. The molecule has 0 amide bonds. The first-order valence-corrected chi connectivity index (χ1v) is 5.72. The third-order valence-corrected chi connectivity index (χ3v) is 3.28. The van der Waals surface area contributed by atoms with E-state index in [1.54, 1.807) is 13.8 Å². The predicted molar refractivity (Wildman–Crippen MR) is 62.2 cm³/mol. The summed E-state index contributed by atoms with van der Waals surface area (Å²) in [6.45, 7) is 2.98. The van der Waals surface area contributed by atoms with Crippen LogP contribution in [-0.2, 0) is 4.74 Å². The molecule has 18 heavy (non-hydrogen) atoms. The van der Waals surface area contributed by atoms with Gasteiger partial charge in [-0.1, -0.05) is 6.92 Å². The number of aryl methyl sites for hydroxylation is 1. The quantitative estimate of drug-likeness (QED) is 0.612. The Morgan fingerprint density at radius 1 is 1.50 bits per heavy atom. The number of aliphatic hydroxyl groups is 2. The first-order chi connectivity index (χ1) is 8.45. The number of aliphatic hydroxyl groups excluding tert-OH is 2. The fraction of sp³-hybridized carbons (Fsp3) is 0.636. The van der Waals surface area contributed by atoms with Crippen LogP contribution in [0.4, 0.5) is 0 Å². The van der Waals surface area contributed by atoms with Crippen molar-refractivity contribution in [2.75, 3.05) is 6.61 Å². The number of ether oxygens (including phenoxy) is 1. The van der Waals surface area contributed by atoms with E-state index < -0.39 is 29.7 Å². The van der Waals surface area contributed by atoms with Crippen molar-refractivity contribution in [1.29, 1.82) is 0 Å². The Hall–Kier alpha value is -1.44. The largest absolute Gasteiger partial charge is 0.394 e. The SMILES string of the molecule is Cc1cn([C@@H]2O[C@H](CO)[C@@H](O)[C@H]2C)c(=O)[nH]c1=O. The van der Waals surface area contributed by atoms with Crippen LogP contribution < -0.4 is 11.2 Å². The summed E-state index contributed by atoms with van der Waals surface area (Å²) in [6, 6.07) is 0. The topological polar surface area (TPSA) is 105 Å². The minimum Gasteiger partial charge on any atom is -0.394 e. The summed E-state index contributed by atoms with van der Waals surface area (Å²) >= 11 is 0. The molecule has 0 saturated carbocycles. The van der Waals surface area contributed by atoms with Gasteiger partial charge in [-0.2, -0.15) is 0 Å². The van der Waals surface area contributed by atoms with Crippen molar-refractivity contribution >= 4 is 0 Å². The van der Waals surface area contributed by atoms with Gasteiger partial charge >= 0.3 is 5.69 Å². The second-order valence-electron chi connectivity index (χ2n) is 4.58. The maximum Gasteiger partial charge on any atom is 0.330 e. The average Bonchev–Trinajstić information content (AvgIpc) is 2.61. The van der Waals surface area contributed by atoms with Gasteiger partial charge in [0.05, 0.1) is 12.7 Å². The van der Waals surface area contributed by atoms with Gasteiger partial charge in [0.2, 0.25) is 0 Å². The molecule has 1 fully saturated rings. The zero-order chi connectivity index (χ0) is 13.4. The molecule has 0 aliphatic carbocycles. The van der Waals surface area contributed by atoms with Crippen LogP contribution in [0.15, 0.2) is 15.8 Å².